The third-order valence-corrected chi connectivity index (χ3v) is 4.78. The minimum absolute atomic E-state index is 0.00417. The second-order valence-corrected chi connectivity index (χ2v) is 6.49. The van der Waals surface area contributed by atoms with Gasteiger partial charge in [0.05, 0.1) is 17.6 Å². The van der Waals surface area contributed by atoms with Crippen molar-refractivity contribution < 1.29 is 9.90 Å². The molecule has 2 aromatic rings. The van der Waals surface area contributed by atoms with E-state index >= 15 is 0 Å². The van der Waals surface area contributed by atoms with Gasteiger partial charge < -0.3 is 15.7 Å². The minimum Gasteiger partial charge on any atom is -0.396 e. The number of rotatable bonds is 6. The molecule has 2 amide bonds. The fraction of sp³-hybridized carbons (Fsp3) is 0.500. The van der Waals surface area contributed by atoms with Gasteiger partial charge in [0.25, 0.3) is 0 Å². The van der Waals surface area contributed by atoms with Gasteiger partial charge in [-0.2, -0.15) is 5.10 Å². The maximum absolute atomic E-state index is 12.5. The van der Waals surface area contributed by atoms with Gasteiger partial charge in [0.1, 0.15) is 5.69 Å². The van der Waals surface area contributed by atoms with Crippen LogP contribution < -0.4 is 10.6 Å². The van der Waals surface area contributed by atoms with Crippen LogP contribution in [0.5, 0.6) is 0 Å². The Kier molecular flexibility index (Phi) is 6.00. The Morgan fingerprint density at radius 3 is 2.88 bits per heavy atom. The third-order valence-electron chi connectivity index (χ3n) is 4.78. The number of nitrogens with zero attached hydrogens (tertiary/aromatic N) is 2. The topological polar surface area (TPSA) is 103 Å². The molecule has 1 aliphatic rings. The van der Waals surface area contributed by atoms with E-state index < -0.39 is 0 Å². The van der Waals surface area contributed by atoms with Gasteiger partial charge in [0.2, 0.25) is 0 Å². The van der Waals surface area contributed by atoms with E-state index in [2.05, 4.69) is 25.8 Å². The highest BCUT2D eigenvalue weighted by molar-refractivity contribution is 5.93. The van der Waals surface area contributed by atoms with E-state index in [1.807, 2.05) is 18.2 Å². The summed E-state index contributed by atoms with van der Waals surface area (Å²) >= 11 is 0. The van der Waals surface area contributed by atoms with Gasteiger partial charge >= 0.3 is 6.03 Å². The maximum atomic E-state index is 12.5. The van der Waals surface area contributed by atoms with Crippen molar-refractivity contribution in [3.63, 3.8) is 0 Å². The number of hydrogen-bond donors (Lipinski definition) is 4. The van der Waals surface area contributed by atoms with Crippen LogP contribution in [-0.2, 0) is 0 Å². The number of aliphatic hydroxyl groups is 1. The Labute approximate surface area is 147 Å². The van der Waals surface area contributed by atoms with Gasteiger partial charge in [0, 0.05) is 18.8 Å². The first-order chi connectivity index (χ1) is 12.3. The number of carbonyl (C=O) groups is 1. The molecular weight excluding hydrogens is 318 g/mol. The smallest absolute Gasteiger partial charge is 0.319 e. The van der Waals surface area contributed by atoms with Crippen molar-refractivity contribution in [2.45, 2.75) is 44.6 Å². The van der Waals surface area contributed by atoms with Crippen molar-refractivity contribution in [2.75, 3.05) is 11.9 Å². The van der Waals surface area contributed by atoms with E-state index in [-0.39, 0.29) is 18.7 Å². The van der Waals surface area contributed by atoms with Crippen molar-refractivity contribution in [3.05, 3.63) is 30.6 Å². The van der Waals surface area contributed by atoms with Gasteiger partial charge in [-0.15, -0.1) is 0 Å². The molecule has 0 radical (unpaired) electrons. The highest BCUT2D eigenvalue weighted by Crippen LogP contribution is 2.28. The van der Waals surface area contributed by atoms with Gasteiger partial charge in [-0.3, -0.25) is 10.1 Å². The Hall–Kier alpha value is -2.41. The summed E-state index contributed by atoms with van der Waals surface area (Å²) in [6.07, 6.45) is 9.72. The average molecular weight is 343 g/mol. The molecule has 134 valence electrons. The highest BCUT2D eigenvalue weighted by atomic mass is 16.3. The number of carbonyl (C=O) groups excluding carboxylic acids is 1. The summed E-state index contributed by atoms with van der Waals surface area (Å²) in [5.41, 5.74) is 1.98. The molecule has 7 heteroatoms. The fourth-order valence-corrected chi connectivity index (χ4v) is 3.51. The fourth-order valence-electron chi connectivity index (χ4n) is 3.51. The van der Waals surface area contributed by atoms with Crippen molar-refractivity contribution in [3.8, 4) is 11.4 Å². The van der Waals surface area contributed by atoms with Crippen LogP contribution in [0.3, 0.4) is 0 Å². The van der Waals surface area contributed by atoms with Gasteiger partial charge in [-0.05, 0) is 37.3 Å². The molecule has 0 bridgehead atoms. The molecule has 3 rings (SSSR count). The number of H-pyrrole nitrogens is 1. The lowest BCUT2D eigenvalue weighted by atomic mass is 9.83. The Morgan fingerprint density at radius 1 is 1.32 bits per heavy atom. The summed E-state index contributed by atoms with van der Waals surface area (Å²) in [5.74, 6) is 0.436. The molecule has 1 fully saturated rings. The molecular formula is C18H25N5O2. The summed E-state index contributed by atoms with van der Waals surface area (Å²) in [4.78, 5) is 16.7. The average Bonchev–Trinajstić information content (AvgIpc) is 3.11. The highest BCUT2D eigenvalue weighted by Gasteiger charge is 2.25. The number of hydrogen-bond acceptors (Lipinski definition) is 4. The van der Waals surface area contributed by atoms with Gasteiger partial charge in [-0.25, -0.2) is 4.79 Å². The van der Waals surface area contributed by atoms with Crippen molar-refractivity contribution in [1.29, 1.82) is 0 Å². The maximum Gasteiger partial charge on any atom is 0.319 e. The van der Waals surface area contributed by atoms with E-state index in [4.69, 9.17) is 0 Å². The van der Waals surface area contributed by atoms with Crippen LogP contribution in [0.2, 0.25) is 0 Å². The number of urea groups is 1. The molecule has 0 aromatic carbocycles. The Morgan fingerprint density at radius 2 is 2.16 bits per heavy atom. The molecule has 1 aliphatic carbocycles. The molecule has 0 aliphatic heterocycles. The third kappa shape index (κ3) is 4.57. The Bertz CT molecular complexity index is 667. The normalized spacial score (nSPS) is 16.4. The predicted molar refractivity (Wildman–Crippen MR) is 96.0 cm³/mol. The van der Waals surface area contributed by atoms with Crippen molar-refractivity contribution in [2.24, 2.45) is 5.92 Å². The Balaban J connectivity index is 1.64. The van der Waals surface area contributed by atoms with Crippen molar-refractivity contribution in [1.82, 2.24) is 20.5 Å². The molecule has 4 N–H and O–H groups in total. The number of pyridine rings is 1. The number of amides is 2. The number of aromatic nitrogens is 3. The van der Waals surface area contributed by atoms with E-state index in [0.29, 0.717) is 23.7 Å². The number of aromatic amines is 1. The number of nitrogens with one attached hydrogen (secondary N) is 3. The second kappa shape index (κ2) is 8.62. The van der Waals surface area contributed by atoms with E-state index in [9.17, 15) is 9.90 Å². The zero-order valence-electron chi connectivity index (χ0n) is 14.2. The lowest BCUT2D eigenvalue weighted by molar-refractivity contribution is 0.202. The van der Waals surface area contributed by atoms with Crippen LogP contribution in [0.1, 0.15) is 38.5 Å². The first kappa shape index (κ1) is 17.4. The summed E-state index contributed by atoms with van der Waals surface area (Å²) in [6, 6.07) is 5.29. The van der Waals surface area contributed by atoms with E-state index in [0.717, 1.165) is 18.5 Å². The molecule has 1 saturated carbocycles. The molecule has 2 heterocycles. The zero-order valence-corrected chi connectivity index (χ0v) is 14.2. The van der Waals surface area contributed by atoms with Crippen LogP contribution in [0.15, 0.2) is 30.6 Å². The molecule has 0 saturated heterocycles. The summed E-state index contributed by atoms with van der Waals surface area (Å²) in [6.45, 7) is 0.0757. The first-order valence-corrected chi connectivity index (χ1v) is 8.91. The largest absolute Gasteiger partial charge is 0.396 e. The van der Waals surface area contributed by atoms with Gasteiger partial charge in [-0.1, -0.05) is 25.3 Å². The second-order valence-electron chi connectivity index (χ2n) is 6.49. The molecule has 0 spiro atoms. The zero-order chi connectivity index (χ0) is 17.5. The molecule has 2 aromatic heterocycles. The quantitative estimate of drug-likeness (QED) is 0.647. The van der Waals surface area contributed by atoms with Crippen LogP contribution in [0, 0.1) is 5.92 Å². The van der Waals surface area contributed by atoms with Crippen molar-refractivity contribution >= 4 is 11.7 Å². The number of anilines is 1. The predicted octanol–water partition coefficient (Wildman–Crippen LogP) is 2.92. The van der Waals surface area contributed by atoms with Crippen LogP contribution >= 0.6 is 0 Å². The number of aliphatic hydroxyl groups excluding tert-OH is 1. The summed E-state index contributed by atoms with van der Waals surface area (Å²) in [7, 11) is 0. The molecule has 7 nitrogen and oxygen atoms in total. The van der Waals surface area contributed by atoms with E-state index in [1.54, 1.807) is 12.4 Å². The van der Waals surface area contributed by atoms with Crippen LogP contribution in [-0.4, -0.2) is 39.0 Å². The monoisotopic (exact) mass is 343 g/mol. The molecule has 1 unspecified atom stereocenters. The summed E-state index contributed by atoms with van der Waals surface area (Å²) < 4.78 is 0. The lowest BCUT2D eigenvalue weighted by Crippen LogP contribution is -2.43. The lowest BCUT2D eigenvalue weighted by Gasteiger charge is -2.30. The van der Waals surface area contributed by atoms with Crippen LogP contribution in [0.25, 0.3) is 11.4 Å². The first-order valence-electron chi connectivity index (χ1n) is 8.91. The summed E-state index contributed by atoms with van der Waals surface area (Å²) in [5, 5.41) is 22.1. The van der Waals surface area contributed by atoms with E-state index in [1.165, 1.54) is 19.3 Å². The van der Waals surface area contributed by atoms with Gasteiger partial charge in [0.15, 0.2) is 0 Å². The molecule has 25 heavy (non-hydrogen) atoms. The minimum atomic E-state index is -0.275. The molecule has 1 atom stereocenters. The standard InChI is InChI=1S/C18H25N5O2/c24-11-9-14(13-6-2-1-3-7-13)21-18(25)22-16-12-20-23-17(16)15-8-4-5-10-19-15/h4-5,8,10,12-14,24H,1-3,6-7,9,11H2,(H,20,23)(H2,21,22,25). The van der Waals surface area contributed by atoms with Crippen LogP contribution in [0.4, 0.5) is 10.5 Å². The SMILES string of the molecule is O=C(Nc1cn[nH]c1-c1ccccn1)NC(CCO)C1CCCCC1.